The van der Waals surface area contributed by atoms with Crippen LogP contribution in [0.1, 0.15) is 6.42 Å². The van der Waals surface area contributed by atoms with Gasteiger partial charge in [0.05, 0.1) is 17.5 Å². The van der Waals surface area contributed by atoms with Gasteiger partial charge in [-0.05, 0) is 31.7 Å². The highest BCUT2D eigenvalue weighted by Gasteiger charge is 2.25. The van der Waals surface area contributed by atoms with Crippen molar-refractivity contribution in [3.8, 4) is 11.3 Å². The molecule has 0 saturated carbocycles. The average molecular weight is 420 g/mol. The fourth-order valence-electron chi connectivity index (χ4n) is 4.47. The lowest BCUT2D eigenvalue weighted by atomic mass is 10.1. The number of pyridine rings is 1. The number of benzene rings is 1. The molecule has 3 aromatic rings. The van der Waals surface area contributed by atoms with Gasteiger partial charge in [-0.3, -0.25) is 4.79 Å². The van der Waals surface area contributed by atoms with Crippen LogP contribution in [0, 0.1) is 0 Å². The minimum atomic E-state index is -0.0788. The molecule has 0 unspecified atom stereocenters. The number of nitrogens with two attached hydrogens (primary N) is 1. The Kier molecular flexibility index (Phi) is 5.11. The van der Waals surface area contributed by atoms with E-state index >= 15 is 0 Å². The van der Waals surface area contributed by atoms with Gasteiger partial charge in [-0.2, -0.15) is 0 Å². The molecule has 0 amide bonds. The second-order valence-corrected chi connectivity index (χ2v) is 8.72. The van der Waals surface area contributed by atoms with Gasteiger partial charge in [0.1, 0.15) is 11.2 Å². The summed E-state index contributed by atoms with van der Waals surface area (Å²) in [5.41, 5.74) is 9.82. The van der Waals surface area contributed by atoms with Crippen molar-refractivity contribution in [2.45, 2.75) is 12.5 Å². The first kappa shape index (κ1) is 20.0. The quantitative estimate of drug-likeness (QED) is 0.685. The van der Waals surface area contributed by atoms with E-state index in [1.54, 1.807) is 13.4 Å². The Morgan fingerprint density at radius 3 is 2.42 bits per heavy atom. The SMILES string of the molecule is CN1CCN(c2ccc(-c3cc4ncn(C)c(=O)c4c(N4CC[C@@H](N)C4)n3)cc2)CC1. The van der Waals surface area contributed by atoms with Crippen LogP contribution < -0.4 is 21.1 Å². The van der Waals surface area contributed by atoms with Crippen molar-refractivity contribution < 1.29 is 0 Å². The number of hydrogen-bond donors (Lipinski definition) is 1. The Balaban J connectivity index is 1.54. The first-order valence-electron chi connectivity index (χ1n) is 10.9. The van der Waals surface area contributed by atoms with Gasteiger partial charge in [-0.15, -0.1) is 0 Å². The van der Waals surface area contributed by atoms with Crippen molar-refractivity contribution in [1.82, 2.24) is 19.4 Å². The number of hydrogen-bond acceptors (Lipinski definition) is 7. The van der Waals surface area contributed by atoms with E-state index in [4.69, 9.17) is 10.7 Å². The summed E-state index contributed by atoms with van der Waals surface area (Å²) in [5.74, 6) is 0.692. The lowest BCUT2D eigenvalue weighted by Gasteiger charge is -2.34. The number of anilines is 2. The monoisotopic (exact) mass is 419 g/mol. The van der Waals surface area contributed by atoms with Gasteiger partial charge < -0.3 is 25.0 Å². The Morgan fingerprint density at radius 2 is 1.74 bits per heavy atom. The standard InChI is InChI=1S/C23H29N7O/c1-27-9-11-29(12-10-27)18-5-3-16(4-6-18)19-13-20-21(23(31)28(2)15-25-20)22(26-19)30-8-7-17(24)14-30/h3-6,13,15,17H,7-12,14,24H2,1-2H3/t17-/m1/s1. The molecule has 1 aromatic carbocycles. The molecule has 4 heterocycles. The molecule has 2 aromatic heterocycles. The molecule has 2 aliphatic rings. The fraction of sp³-hybridized carbons (Fsp3) is 0.435. The number of rotatable bonds is 3. The van der Waals surface area contributed by atoms with Crippen LogP contribution in [-0.4, -0.2) is 71.8 Å². The number of aryl methyl sites for hydroxylation is 1. The minimum absolute atomic E-state index is 0.0788. The third kappa shape index (κ3) is 3.77. The first-order valence-corrected chi connectivity index (χ1v) is 10.9. The average Bonchev–Trinajstić information content (AvgIpc) is 3.22. The van der Waals surface area contributed by atoms with Crippen LogP contribution in [0.4, 0.5) is 11.5 Å². The Bertz CT molecular complexity index is 1150. The Morgan fingerprint density at radius 1 is 1.00 bits per heavy atom. The van der Waals surface area contributed by atoms with Gasteiger partial charge in [0.25, 0.3) is 5.56 Å². The number of nitrogens with zero attached hydrogens (tertiary/aromatic N) is 6. The first-order chi connectivity index (χ1) is 15.0. The zero-order valence-corrected chi connectivity index (χ0v) is 18.2. The molecule has 2 N–H and O–H groups in total. The lowest BCUT2D eigenvalue weighted by molar-refractivity contribution is 0.313. The molecule has 2 saturated heterocycles. The van der Waals surface area contributed by atoms with Crippen molar-refractivity contribution >= 4 is 22.4 Å². The summed E-state index contributed by atoms with van der Waals surface area (Å²) in [5, 5.41) is 0.567. The molecule has 1 atom stereocenters. The number of piperazine rings is 1. The van der Waals surface area contributed by atoms with Crippen LogP contribution in [0.15, 0.2) is 41.5 Å². The van der Waals surface area contributed by atoms with E-state index in [2.05, 4.69) is 51.0 Å². The normalized spacial score (nSPS) is 20.0. The van der Waals surface area contributed by atoms with E-state index in [0.717, 1.165) is 50.4 Å². The maximum atomic E-state index is 12.9. The highest BCUT2D eigenvalue weighted by Crippen LogP contribution is 2.30. The molecular weight excluding hydrogens is 390 g/mol. The van der Waals surface area contributed by atoms with Crippen LogP contribution in [-0.2, 0) is 7.05 Å². The molecule has 8 heteroatoms. The topological polar surface area (TPSA) is 83.5 Å². The van der Waals surface area contributed by atoms with E-state index in [-0.39, 0.29) is 11.6 Å². The van der Waals surface area contributed by atoms with Crippen LogP contribution in [0.2, 0.25) is 0 Å². The molecule has 0 radical (unpaired) electrons. The largest absolute Gasteiger partial charge is 0.369 e. The maximum absolute atomic E-state index is 12.9. The zero-order chi connectivity index (χ0) is 21.5. The van der Waals surface area contributed by atoms with Gasteiger partial charge in [-0.25, -0.2) is 9.97 Å². The second kappa shape index (κ2) is 7.94. The van der Waals surface area contributed by atoms with Crippen LogP contribution >= 0.6 is 0 Å². The van der Waals surface area contributed by atoms with Crippen molar-refractivity contribution in [3.63, 3.8) is 0 Å². The van der Waals surface area contributed by atoms with E-state index in [0.29, 0.717) is 23.3 Å². The smallest absolute Gasteiger partial charge is 0.264 e. The van der Waals surface area contributed by atoms with Crippen molar-refractivity contribution in [2.24, 2.45) is 12.8 Å². The van der Waals surface area contributed by atoms with Crippen molar-refractivity contribution in [2.75, 3.05) is 56.1 Å². The third-order valence-electron chi connectivity index (χ3n) is 6.44. The second-order valence-electron chi connectivity index (χ2n) is 8.72. The van der Waals surface area contributed by atoms with Gasteiger partial charge in [0, 0.05) is 63.6 Å². The summed E-state index contributed by atoms with van der Waals surface area (Å²) in [6.45, 7) is 5.73. The molecule has 8 nitrogen and oxygen atoms in total. The van der Waals surface area contributed by atoms with Crippen LogP contribution in [0.25, 0.3) is 22.2 Å². The van der Waals surface area contributed by atoms with Crippen molar-refractivity contribution in [3.05, 3.63) is 47.0 Å². The van der Waals surface area contributed by atoms with E-state index in [1.807, 2.05) is 6.07 Å². The number of aromatic nitrogens is 3. The molecule has 0 bridgehead atoms. The summed E-state index contributed by atoms with van der Waals surface area (Å²) >= 11 is 0. The molecule has 0 aliphatic carbocycles. The zero-order valence-electron chi connectivity index (χ0n) is 18.2. The molecule has 2 fully saturated rings. The lowest BCUT2D eigenvalue weighted by Crippen LogP contribution is -2.44. The van der Waals surface area contributed by atoms with Crippen molar-refractivity contribution in [1.29, 1.82) is 0 Å². The highest BCUT2D eigenvalue weighted by atomic mass is 16.1. The van der Waals surface area contributed by atoms with E-state index in [1.165, 1.54) is 10.3 Å². The van der Waals surface area contributed by atoms with Gasteiger partial charge in [0.15, 0.2) is 0 Å². The summed E-state index contributed by atoms with van der Waals surface area (Å²) in [7, 11) is 3.89. The summed E-state index contributed by atoms with van der Waals surface area (Å²) in [6, 6.07) is 10.6. The Labute approximate surface area is 181 Å². The number of likely N-dealkylation sites (N-methyl/N-ethyl adjacent to an activating group) is 1. The molecular formula is C23H29N7O. The number of fused-ring (bicyclic) bond motifs is 1. The summed E-state index contributed by atoms with van der Waals surface area (Å²) < 4.78 is 1.51. The Hall–Kier alpha value is -2.97. The predicted octanol–water partition coefficient (Wildman–Crippen LogP) is 1.28. The molecule has 5 rings (SSSR count). The van der Waals surface area contributed by atoms with Gasteiger partial charge in [-0.1, -0.05) is 12.1 Å². The third-order valence-corrected chi connectivity index (χ3v) is 6.44. The summed E-state index contributed by atoms with van der Waals surface area (Å²) in [6.07, 6.45) is 2.47. The molecule has 0 spiro atoms. The van der Waals surface area contributed by atoms with Gasteiger partial charge in [0.2, 0.25) is 0 Å². The van der Waals surface area contributed by atoms with E-state index in [9.17, 15) is 4.79 Å². The molecule has 2 aliphatic heterocycles. The fourth-order valence-corrected chi connectivity index (χ4v) is 4.47. The van der Waals surface area contributed by atoms with Crippen LogP contribution in [0.5, 0.6) is 0 Å². The maximum Gasteiger partial charge on any atom is 0.264 e. The van der Waals surface area contributed by atoms with Crippen LogP contribution in [0.3, 0.4) is 0 Å². The van der Waals surface area contributed by atoms with Gasteiger partial charge >= 0.3 is 0 Å². The molecule has 31 heavy (non-hydrogen) atoms. The highest BCUT2D eigenvalue weighted by molar-refractivity contribution is 5.92. The summed E-state index contributed by atoms with van der Waals surface area (Å²) in [4.78, 5) is 29.3. The molecule has 162 valence electrons. The van der Waals surface area contributed by atoms with E-state index < -0.39 is 0 Å². The minimum Gasteiger partial charge on any atom is -0.369 e. The predicted molar refractivity (Wildman–Crippen MR) is 125 cm³/mol.